The summed E-state index contributed by atoms with van der Waals surface area (Å²) in [6, 6.07) is 0. The Balaban J connectivity index is 3.90. The summed E-state index contributed by atoms with van der Waals surface area (Å²) in [5.41, 5.74) is 1.24. The Morgan fingerprint density at radius 1 is 1.70 bits per heavy atom. The lowest BCUT2D eigenvalue weighted by atomic mass is 9.88. The molecule has 60 valence electrons. The Morgan fingerprint density at radius 3 is 2.50 bits per heavy atom. The van der Waals surface area contributed by atoms with Gasteiger partial charge in [-0.2, -0.15) is 0 Å². The molecule has 0 saturated carbocycles. The minimum atomic E-state index is -0.169. The van der Waals surface area contributed by atoms with Gasteiger partial charge in [-0.25, -0.2) is 0 Å². The molecule has 0 radical (unpaired) electrons. The van der Waals surface area contributed by atoms with Crippen LogP contribution < -0.4 is 5.64 Å². The van der Waals surface area contributed by atoms with Crippen LogP contribution in [0.3, 0.4) is 0 Å². The van der Waals surface area contributed by atoms with Gasteiger partial charge in [0.15, 0.2) is 0 Å². The van der Waals surface area contributed by atoms with Gasteiger partial charge in [-0.15, -0.1) is 6.58 Å². The van der Waals surface area contributed by atoms with E-state index in [4.69, 9.17) is 0 Å². The van der Waals surface area contributed by atoms with Gasteiger partial charge in [-0.05, 0) is 6.92 Å². The first-order valence-corrected chi connectivity index (χ1v) is 3.21. The summed E-state index contributed by atoms with van der Waals surface area (Å²) in [4.78, 5) is 4.62. The number of hydrogen-bond donors (Lipinski definition) is 1. The van der Waals surface area contributed by atoms with Crippen LogP contribution in [0, 0.1) is 10.6 Å². The first-order chi connectivity index (χ1) is 4.54. The fraction of sp³-hybridized carbons (Fsp3) is 0.714. The molecular formula is C7H14NO2-. The maximum atomic E-state index is 9.80. The molecule has 0 heterocycles. The normalized spacial score (nSPS) is 14.8. The van der Waals surface area contributed by atoms with Crippen LogP contribution in [0.2, 0.25) is 0 Å². The maximum absolute atomic E-state index is 9.80. The molecular weight excluding hydrogens is 130 g/mol. The van der Waals surface area contributed by atoms with Crippen LogP contribution in [0.5, 0.6) is 0 Å². The molecule has 0 aliphatic rings. The van der Waals surface area contributed by atoms with E-state index < -0.39 is 0 Å². The van der Waals surface area contributed by atoms with Crippen molar-refractivity contribution >= 4 is 0 Å². The monoisotopic (exact) mass is 144 g/mol. The number of hydrogen-bond acceptors (Lipinski definition) is 3. The van der Waals surface area contributed by atoms with Crippen LogP contribution in [-0.4, -0.2) is 6.10 Å². The second-order valence-corrected chi connectivity index (χ2v) is 2.87. The smallest absolute Gasteiger partial charge is 0.0835 e. The summed E-state index contributed by atoms with van der Waals surface area (Å²) in [5.74, 6) is 0. The van der Waals surface area contributed by atoms with Gasteiger partial charge in [-0.1, -0.05) is 19.9 Å². The Morgan fingerprint density at radius 2 is 2.20 bits per heavy atom. The van der Waals surface area contributed by atoms with E-state index in [1.807, 2.05) is 20.8 Å². The minimum absolute atomic E-state index is 0.164. The van der Waals surface area contributed by atoms with Gasteiger partial charge in [0.25, 0.3) is 0 Å². The molecule has 1 N–H and O–H groups in total. The lowest BCUT2D eigenvalue weighted by Gasteiger charge is -2.29. The highest BCUT2D eigenvalue weighted by Gasteiger charge is 2.21. The molecule has 1 unspecified atom stereocenters. The van der Waals surface area contributed by atoms with Gasteiger partial charge in [0.05, 0.1) is 6.10 Å². The van der Waals surface area contributed by atoms with Crippen molar-refractivity contribution < 1.29 is 4.84 Å². The third-order valence-corrected chi connectivity index (χ3v) is 1.80. The summed E-state index contributed by atoms with van der Waals surface area (Å²) in [7, 11) is 0. The Labute approximate surface area is 61.6 Å². The molecule has 0 aliphatic heterocycles. The van der Waals surface area contributed by atoms with Crippen LogP contribution in [0.1, 0.15) is 20.8 Å². The molecule has 0 amide bonds. The standard InChI is InChI=1S/C7H14NO2/c1-5-7(3,4)6(2)10-8-9/h5-6,8H,1H2,2-4H3/q-1. The van der Waals surface area contributed by atoms with Crippen LogP contribution >= 0.6 is 0 Å². The molecule has 10 heavy (non-hydrogen) atoms. The molecule has 0 fully saturated rings. The van der Waals surface area contributed by atoms with Crippen molar-refractivity contribution in [1.82, 2.24) is 5.64 Å². The van der Waals surface area contributed by atoms with E-state index in [2.05, 4.69) is 11.4 Å². The average Bonchev–Trinajstić information content (AvgIpc) is 1.89. The van der Waals surface area contributed by atoms with Crippen molar-refractivity contribution in [1.29, 1.82) is 0 Å². The van der Waals surface area contributed by atoms with E-state index in [1.165, 1.54) is 5.64 Å². The first-order valence-electron chi connectivity index (χ1n) is 3.21. The molecule has 0 aromatic rings. The Bertz CT molecular complexity index is 112. The number of nitrogens with one attached hydrogen (secondary N) is 1. The summed E-state index contributed by atoms with van der Waals surface area (Å²) in [6.45, 7) is 9.33. The fourth-order valence-corrected chi connectivity index (χ4v) is 0.390. The Hall–Kier alpha value is -0.380. The largest absolute Gasteiger partial charge is 0.765 e. The first kappa shape index (κ1) is 9.62. The van der Waals surface area contributed by atoms with Crippen molar-refractivity contribution in [2.75, 3.05) is 0 Å². The van der Waals surface area contributed by atoms with Crippen molar-refractivity contribution in [3.8, 4) is 0 Å². The highest BCUT2D eigenvalue weighted by Crippen LogP contribution is 2.22. The number of rotatable bonds is 4. The fourth-order valence-electron chi connectivity index (χ4n) is 0.390. The molecule has 0 rings (SSSR count). The maximum Gasteiger partial charge on any atom is 0.0835 e. The van der Waals surface area contributed by atoms with Gasteiger partial charge >= 0.3 is 0 Å². The van der Waals surface area contributed by atoms with Crippen molar-refractivity contribution in [3.05, 3.63) is 17.9 Å². The summed E-state index contributed by atoms with van der Waals surface area (Å²) in [6.07, 6.45) is 1.59. The van der Waals surface area contributed by atoms with Gasteiger partial charge in [0.2, 0.25) is 0 Å². The van der Waals surface area contributed by atoms with E-state index in [9.17, 15) is 5.21 Å². The highest BCUT2D eigenvalue weighted by molar-refractivity contribution is 4.91. The molecule has 1 atom stereocenters. The highest BCUT2D eigenvalue weighted by atomic mass is 16.8. The summed E-state index contributed by atoms with van der Waals surface area (Å²) >= 11 is 0. The van der Waals surface area contributed by atoms with Crippen LogP contribution in [-0.2, 0) is 4.84 Å². The molecule has 0 aromatic heterocycles. The second kappa shape index (κ2) is 3.71. The topological polar surface area (TPSA) is 44.3 Å². The Kier molecular flexibility index (Phi) is 3.57. The molecule has 3 nitrogen and oxygen atoms in total. The summed E-state index contributed by atoms with van der Waals surface area (Å²) < 4.78 is 0. The van der Waals surface area contributed by atoms with E-state index in [-0.39, 0.29) is 11.5 Å². The SMILES string of the molecule is C=CC(C)(C)C(C)ON[O-]. The summed E-state index contributed by atoms with van der Waals surface area (Å²) in [5, 5.41) is 9.80. The quantitative estimate of drug-likeness (QED) is 0.481. The zero-order valence-corrected chi connectivity index (χ0v) is 6.68. The third kappa shape index (κ3) is 2.47. The van der Waals surface area contributed by atoms with E-state index in [0.29, 0.717) is 0 Å². The van der Waals surface area contributed by atoms with E-state index >= 15 is 0 Å². The minimum Gasteiger partial charge on any atom is -0.765 e. The predicted octanol–water partition coefficient (Wildman–Crippen LogP) is 1.61. The van der Waals surface area contributed by atoms with Gasteiger partial charge in [0.1, 0.15) is 0 Å². The molecule has 0 aliphatic carbocycles. The van der Waals surface area contributed by atoms with E-state index in [1.54, 1.807) is 6.08 Å². The van der Waals surface area contributed by atoms with Crippen LogP contribution in [0.4, 0.5) is 0 Å². The van der Waals surface area contributed by atoms with Crippen LogP contribution in [0.15, 0.2) is 12.7 Å². The third-order valence-electron chi connectivity index (χ3n) is 1.80. The van der Waals surface area contributed by atoms with Crippen molar-refractivity contribution in [3.63, 3.8) is 0 Å². The zero-order chi connectivity index (χ0) is 8.20. The van der Waals surface area contributed by atoms with Crippen molar-refractivity contribution in [2.45, 2.75) is 26.9 Å². The molecule has 0 saturated heterocycles. The van der Waals surface area contributed by atoms with Gasteiger partial charge in [0, 0.05) is 5.41 Å². The average molecular weight is 144 g/mol. The van der Waals surface area contributed by atoms with Crippen LogP contribution in [0.25, 0.3) is 0 Å². The van der Waals surface area contributed by atoms with E-state index in [0.717, 1.165) is 0 Å². The second-order valence-electron chi connectivity index (χ2n) is 2.87. The molecule has 0 spiro atoms. The molecule has 3 heteroatoms. The van der Waals surface area contributed by atoms with Gasteiger partial charge in [-0.3, -0.25) is 5.64 Å². The molecule has 0 bridgehead atoms. The lowest BCUT2D eigenvalue weighted by Crippen LogP contribution is -2.30. The van der Waals surface area contributed by atoms with Gasteiger partial charge < -0.3 is 10.0 Å². The predicted molar refractivity (Wildman–Crippen MR) is 41.0 cm³/mol. The van der Waals surface area contributed by atoms with Crippen molar-refractivity contribution in [2.24, 2.45) is 5.41 Å². The lowest BCUT2D eigenvalue weighted by molar-refractivity contribution is -0.0383. The molecule has 0 aromatic carbocycles. The zero-order valence-electron chi connectivity index (χ0n) is 6.68.